The van der Waals surface area contributed by atoms with Gasteiger partial charge in [-0.25, -0.2) is 17.6 Å². The largest absolute Gasteiger partial charge is 0.355 e. The highest BCUT2D eigenvalue weighted by molar-refractivity contribution is 8.13. The van der Waals surface area contributed by atoms with E-state index < -0.39 is 56.3 Å². The summed E-state index contributed by atoms with van der Waals surface area (Å²) in [5.41, 5.74) is -0.489. The zero-order valence-electron chi connectivity index (χ0n) is 23.9. The number of carbonyl (C=O) groups excluding carboxylic acids is 2. The van der Waals surface area contributed by atoms with Crippen LogP contribution in [0.15, 0.2) is 16.1 Å². The van der Waals surface area contributed by atoms with Crippen molar-refractivity contribution in [3.05, 3.63) is 34.2 Å². The van der Waals surface area contributed by atoms with Gasteiger partial charge in [0, 0.05) is 69.4 Å². The van der Waals surface area contributed by atoms with Crippen LogP contribution in [0.1, 0.15) is 54.4 Å². The SMILES string of the molecule is CC(=N)C(C)(C)NCCN(CCNC(=O)CCC(=O)Sc1c(F)c(F)cc(F)c1F)CCNC(C)(C)C(C)N=O. The van der Waals surface area contributed by atoms with Crippen molar-refractivity contribution in [2.24, 2.45) is 5.18 Å². The second-order valence-electron chi connectivity index (χ2n) is 10.6. The van der Waals surface area contributed by atoms with Gasteiger partial charge < -0.3 is 21.4 Å². The standard InChI is InChI=1S/C26H40F4N6O3S/c1-16(31)25(3,4)33-10-13-36(14-11-34-26(5,6)17(2)35-39)12-9-32-20(37)7-8-21(38)40-24-22(29)18(27)15-19(28)23(24)30/h15,17,31,33-34H,7-14H2,1-6H3,(H,32,37). The quantitative estimate of drug-likeness (QED) is 0.0668. The van der Waals surface area contributed by atoms with E-state index in [-0.39, 0.29) is 37.2 Å². The molecule has 0 saturated heterocycles. The van der Waals surface area contributed by atoms with Crippen LogP contribution in [0.4, 0.5) is 17.6 Å². The average Bonchev–Trinajstić information content (AvgIpc) is 2.87. The van der Waals surface area contributed by atoms with Crippen LogP contribution in [0.3, 0.4) is 0 Å². The van der Waals surface area contributed by atoms with Crippen LogP contribution in [-0.4, -0.2) is 78.0 Å². The number of carbonyl (C=O) groups is 2. The zero-order chi connectivity index (χ0) is 30.7. The van der Waals surface area contributed by atoms with Gasteiger partial charge in [0.2, 0.25) is 5.91 Å². The highest BCUT2D eigenvalue weighted by Gasteiger charge is 2.26. The molecule has 0 aliphatic rings. The smallest absolute Gasteiger partial charge is 0.220 e. The highest BCUT2D eigenvalue weighted by Crippen LogP contribution is 2.30. The van der Waals surface area contributed by atoms with E-state index in [1.54, 1.807) is 13.8 Å². The van der Waals surface area contributed by atoms with Crippen LogP contribution in [0.25, 0.3) is 0 Å². The number of hydrogen-bond acceptors (Lipinski definition) is 9. The van der Waals surface area contributed by atoms with Crippen molar-refractivity contribution in [1.29, 1.82) is 5.41 Å². The van der Waals surface area contributed by atoms with Gasteiger partial charge in [-0.3, -0.25) is 14.5 Å². The van der Waals surface area contributed by atoms with Gasteiger partial charge in [-0.2, -0.15) is 4.91 Å². The third-order valence-electron chi connectivity index (χ3n) is 6.74. The van der Waals surface area contributed by atoms with Crippen molar-refractivity contribution in [2.45, 2.75) is 76.4 Å². The van der Waals surface area contributed by atoms with Crippen molar-refractivity contribution in [1.82, 2.24) is 20.9 Å². The fraction of sp³-hybridized carbons (Fsp3) is 0.654. The molecule has 0 radical (unpaired) electrons. The minimum atomic E-state index is -1.66. The highest BCUT2D eigenvalue weighted by atomic mass is 32.2. The van der Waals surface area contributed by atoms with Gasteiger partial charge in [0.05, 0.1) is 10.4 Å². The summed E-state index contributed by atoms with van der Waals surface area (Å²) in [6.45, 7) is 14.1. The number of nitroso groups, excluding NO2 is 1. The lowest BCUT2D eigenvalue weighted by atomic mass is 9.97. The summed E-state index contributed by atoms with van der Waals surface area (Å²) in [4.78, 5) is 36.3. The molecule has 40 heavy (non-hydrogen) atoms. The Morgan fingerprint density at radius 1 is 0.975 bits per heavy atom. The van der Waals surface area contributed by atoms with E-state index in [4.69, 9.17) is 5.41 Å². The molecule has 1 amide bonds. The summed E-state index contributed by atoms with van der Waals surface area (Å²) < 4.78 is 54.2. The van der Waals surface area contributed by atoms with E-state index in [1.165, 1.54) is 0 Å². The molecule has 9 nitrogen and oxygen atoms in total. The Hall–Kier alpha value is -2.42. The molecule has 1 aromatic rings. The van der Waals surface area contributed by atoms with Crippen molar-refractivity contribution >= 4 is 28.5 Å². The predicted octanol–water partition coefficient (Wildman–Crippen LogP) is 3.99. The number of rotatable bonds is 18. The molecule has 0 heterocycles. The first kappa shape index (κ1) is 35.6. The molecule has 226 valence electrons. The molecule has 0 spiro atoms. The molecule has 1 atom stereocenters. The first-order valence-corrected chi connectivity index (χ1v) is 13.7. The summed E-state index contributed by atoms with van der Waals surface area (Å²) >= 11 is 0.0110. The fourth-order valence-corrected chi connectivity index (χ4v) is 4.08. The number of nitrogens with zero attached hydrogens (tertiary/aromatic N) is 2. The van der Waals surface area contributed by atoms with Gasteiger partial charge in [0.1, 0.15) is 6.04 Å². The molecule has 0 fully saturated rings. The van der Waals surface area contributed by atoms with Crippen LogP contribution in [0, 0.1) is 33.6 Å². The number of halogens is 4. The lowest BCUT2D eigenvalue weighted by molar-refractivity contribution is -0.123. The Bertz CT molecular complexity index is 1030. The van der Waals surface area contributed by atoms with Gasteiger partial charge in [0.25, 0.3) is 0 Å². The summed E-state index contributed by atoms with van der Waals surface area (Å²) in [6, 6.07) is -0.381. The number of benzene rings is 1. The topological polar surface area (TPSA) is 127 Å². The second kappa shape index (κ2) is 16.1. The number of hydrogen-bond donors (Lipinski definition) is 4. The van der Waals surface area contributed by atoms with Gasteiger partial charge in [-0.05, 0) is 53.3 Å². The number of thioether (sulfide) groups is 1. The van der Waals surface area contributed by atoms with Crippen LogP contribution in [0.5, 0.6) is 0 Å². The molecule has 1 aromatic carbocycles. The molecular formula is C26H40F4N6O3S. The lowest BCUT2D eigenvalue weighted by Crippen LogP contribution is -2.52. The minimum Gasteiger partial charge on any atom is -0.355 e. The normalized spacial score (nSPS) is 12.9. The van der Waals surface area contributed by atoms with Crippen LogP contribution < -0.4 is 16.0 Å². The van der Waals surface area contributed by atoms with Crippen LogP contribution in [0.2, 0.25) is 0 Å². The molecule has 0 saturated carbocycles. The van der Waals surface area contributed by atoms with E-state index in [1.807, 2.05) is 27.7 Å². The van der Waals surface area contributed by atoms with E-state index in [9.17, 15) is 32.1 Å². The Morgan fingerprint density at radius 3 is 2.02 bits per heavy atom. The Morgan fingerprint density at radius 2 is 1.50 bits per heavy atom. The van der Waals surface area contributed by atoms with E-state index in [2.05, 4.69) is 26.0 Å². The summed E-state index contributed by atoms with van der Waals surface area (Å²) in [7, 11) is 0. The van der Waals surface area contributed by atoms with Crippen LogP contribution in [-0.2, 0) is 9.59 Å². The molecule has 1 rings (SSSR count). The van der Waals surface area contributed by atoms with Gasteiger partial charge in [-0.15, -0.1) is 0 Å². The Kier molecular flexibility index (Phi) is 14.4. The molecule has 0 aromatic heterocycles. The van der Waals surface area contributed by atoms with Crippen molar-refractivity contribution in [3.63, 3.8) is 0 Å². The molecule has 0 aliphatic carbocycles. The maximum atomic E-state index is 13.8. The fourth-order valence-electron chi connectivity index (χ4n) is 3.27. The molecule has 1 unspecified atom stereocenters. The Balaban J connectivity index is 2.61. The van der Waals surface area contributed by atoms with Gasteiger partial charge in [-0.1, -0.05) is 5.18 Å². The molecule has 0 aliphatic heterocycles. The second-order valence-corrected chi connectivity index (χ2v) is 11.6. The third kappa shape index (κ3) is 11.6. The monoisotopic (exact) mass is 592 g/mol. The van der Waals surface area contributed by atoms with E-state index in [0.717, 1.165) is 0 Å². The molecule has 4 N–H and O–H groups in total. The first-order chi connectivity index (χ1) is 18.5. The maximum absolute atomic E-state index is 13.8. The van der Waals surface area contributed by atoms with Gasteiger partial charge in [0.15, 0.2) is 28.4 Å². The van der Waals surface area contributed by atoms with Crippen molar-refractivity contribution in [3.8, 4) is 0 Å². The third-order valence-corrected chi connectivity index (χ3v) is 7.73. The molecule has 14 heteroatoms. The van der Waals surface area contributed by atoms with Crippen LogP contribution >= 0.6 is 11.8 Å². The van der Waals surface area contributed by atoms with Crippen molar-refractivity contribution < 1.29 is 27.2 Å². The van der Waals surface area contributed by atoms with Crippen molar-refractivity contribution in [2.75, 3.05) is 39.3 Å². The number of nitrogens with one attached hydrogen (secondary N) is 4. The summed E-state index contributed by atoms with van der Waals surface area (Å²) in [5.74, 6) is -7.02. The lowest BCUT2D eigenvalue weighted by Gasteiger charge is -2.31. The average molecular weight is 593 g/mol. The zero-order valence-corrected chi connectivity index (χ0v) is 24.7. The van der Waals surface area contributed by atoms with E-state index >= 15 is 0 Å². The van der Waals surface area contributed by atoms with Gasteiger partial charge >= 0.3 is 0 Å². The maximum Gasteiger partial charge on any atom is 0.220 e. The summed E-state index contributed by atoms with van der Waals surface area (Å²) in [6.07, 6.45) is -0.658. The Labute approximate surface area is 237 Å². The molecule has 0 bridgehead atoms. The predicted molar refractivity (Wildman–Crippen MR) is 149 cm³/mol. The first-order valence-electron chi connectivity index (χ1n) is 12.9. The number of amides is 1. The van der Waals surface area contributed by atoms with E-state index in [0.29, 0.717) is 38.4 Å². The molecular weight excluding hydrogens is 552 g/mol. The minimum absolute atomic E-state index is 0.0110. The summed E-state index contributed by atoms with van der Waals surface area (Å²) in [5, 5.41) is 19.5.